The molecule has 0 bridgehead atoms. The summed E-state index contributed by atoms with van der Waals surface area (Å²) in [7, 11) is 0. The summed E-state index contributed by atoms with van der Waals surface area (Å²) in [6.07, 6.45) is 4.82. The number of fused-ring (bicyclic) bond motifs is 7. The lowest BCUT2D eigenvalue weighted by Crippen LogP contribution is -2.12. The molecule has 3 heterocycles. The quantitative estimate of drug-likeness (QED) is 0.161. The summed E-state index contributed by atoms with van der Waals surface area (Å²) < 4.78 is 2.56. The van der Waals surface area contributed by atoms with Gasteiger partial charge in [-0.1, -0.05) is 86.6 Å². The molecule has 3 nitrogen and oxygen atoms in total. The van der Waals surface area contributed by atoms with Gasteiger partial charge in [-0.25, -0.2) is 9.97 Å². The van der Waals surface area contributed by atoms with E-state index in [4.69, 9.17) is 9.97 Å². The molecule has 0 N–H and O–H groups in total. The zero-order chi connectivity index (χ0) is 29.8. The highest BCUT2D eigenvalue weighted by molar-refractivity contribution is 6.28. The maximum Gasteiger partial charge on any atom is 0.116 e. The van der Waals surface area contributed by atoms with Gasteiger partial charge in [0.15, 0.2) is 0 Å². The lowest BCUT2D eigenvalue weighted by atomic mass is 9.83. The van der Waals surface area contributed by atoms with Crippen LogP contribution in [0.5, 0.6) is 0 Å². The van der Waals surface area contributed by atoms with Gasteiger partial charge in [-0.2, -0.15) is 0 Å². The van der Waals surface area contributed by atoms with Crippen molar-refractivity contribution in [3.05, 3.63) is 77.6 Å². The van der Waals surface area contributed by atoms with Gasteiger partial charge in [-0.15, -0.1) is 0 Å². The second kappa shape index (κ2) is 8.89. The Labute approximate surface area is 249 Å². The molecule has 0 fully saturated rings. The second-order valence-corrected chi connectivity index (χ2v) is 16.3. The summed E-state index contributed by atoms with van der Waals surface area (Å²) in [5.74, 6) is 0. The largest absolute Gasteiger partial charge is 0.307 e. The molecule has 7 aromatic rings. The average molecular weight is 554 g/mol. The van der Waals surface area contributed by atoms with E-state index >= 15 is 0 Å². The average Bonchev–Trinajstić information content (AvgIpc) is 3.19. The fourth-order valence-corrected chi connectivity index (χ4v) is 7.25. The van der Waals surface area contributed by atoms with Gasteiger partial charge in [0.05, 0.1) is 33.0 Å². The van der Waals surface area contributed by atoms with Gasteiger partial charge >= 0.3 is 0 Å². The second-order valence-electron chi connectivity index (χ2n) is 16.3. The third kappa shape index (κ3) is 4.49. The van der Waals surface area contributed by atoms with Gasteiger partial charge < -0.3 is 4.40 Å². The Hall–Kier alpha value is -3.72. The fourth-order valence-electron chi connectivity index (χ4n) is 7.25. The zero-order valence-electron chi connectivity index (χ0n) is 26.7. The van der Waals surface area contributed by atoms with Crippen molar-refractivity contribution in [3.63, 3.8) is 0 Å². The molecule has 3 aromatic heterocycles. The van der Waals surface area contributed by atoms with E-state index < -0.39 is 0 Å². The molecule has 0 saturated carbocycles. The molecule has 0 radical (unpaired) electrons. The van der Waals surface area contributed by atoms with Crippen LogP contribution in [0.4, 0.5) is 0 Å². The molecule has 0 aliphatic rings. The molecule has 0 aliphatic heterocycles. The monoisotopic (exact) mass is 553 g/mol. The summed E-state index contributed by atoms with van der Waals surface area (Å²) in [6, 6.07) is 21.2. The molecule has 214 valence electrons. The van der Waals surface area contributed by atoms with Crippen molar-refractivity contribution >= 4 is 59.9 Å². The van der Waals surface area contributed by atoms with Crippen LogP contribution in [-0.2, 0) is 19.3 Å². The first kappa shape index (κ1) is 27.1. The van der Waals surface area contributed by atoms with Crippen molar-refractivity contribution in [2.45, 2.75) is 81.6 Å². The standard InChI is InChI=1S/C39H43N3/c1-37(2,3)19-23-10-12-26-25(16-23)18-29-34-33-31(40-22-41-34)14-13-27-28-17-24(20-38(4,5)6)11-15-32(28)42(36(27)33)35(29)30(26)21-39(7,8)9/h10-18,22H,19-21H2,1-9H3. The molecule has 0 unspecified atom stereocenters. The minimum atomic E-state index is 0.117. The van der Waals surface area contributed by atoms with Gasteiger partial charge in [0.1, 0.15) is 6.33 Å². The van der Waals surface area contributed by atoms with Crippen molar-refractivity contribution in [2.75, 3.05) is 0 Å². The van der Waals surface area contributed by atoms with E-state index in [-0.39, 0.29) is 16.2 Å². The lowest BCUT2D eigenvalue weighted by molar-refractivity contribution is 0.411. The number of pyridine rings is 1. The Balaban J connectivity index is 1.69. The maximum absolute atomic E-state index is 5.00. The number of hydrogen-bond donors (Lipinski definition) is 0. The molecule has 7 rings (SSSR count). The number of aromatic nitrogens is 3. The molecule has 3 heteroatoms. The molecule has 0 spiro atoms. The van der Waals surface area contributed by atoms with Crippen LogP contribution in [0, 0.1) is 16.2 Å². The maximum atomic E-state index is 5.00. The van der Waals surface area contributed by atoms with E-state index in [2.05, 4.69) is 121 Å². The Morgan fingerprint density at radius 1 is 0.571 bits per heavy atom. The Morgan fingerprint density at radius 2 is 1.21 bits per heavy atom. The van der Waals surface area contributed by atoms with E-state index in [0.29, 0.717) is 0 Å². The van der Waals surface area contributed by atoms with Crippen LogP contribution in [0.2, 0.25) is 0 Å². The third-order valence-corrected chi connectivity index (χ3v) is 8.53. The molecular formula is C39H43N3. The van der Waals surface area contributed by atoms with Crippen LogP contribution in [0.25, 0.3) is 59.9 Å². The summed E-state index contributed by atoms with van der Waals surface area (Å²) in [6.45, 7) is 21.0. The van der Waals surface area contributed by atoms with E-state index in [0.717, 1.165) is 30.3 Å². The number of benzene rings is 4. The summed E-state index contributed by atoms with van der Waals surface area (Å²) in [5.41, 5.74) is 10.6. The lowest BCUT2D eigenvalue weighted by Gasteiger charge is -2.24. The van der Waals surface area contributed by atoms with Crippen LogP contribution in [-0.4, -0.2) is 14.4 Å². The minimum absolute atomic E-state index is 0.117. The van der Waals surface area contributed by atoms with Crippen molar-refractivity contribution in [3.8, 4) is 0 Å². The van der Waals surface area contributed by atoms with E-state index in [1.54, 1.807) is 6.33 Å². The van der Waals surface area contributed by atoms with Gasteiger partial charge in [0, 0.05) is 16.2 Å². The molecule has 0 atom stereocenters. The van der Waals surface area contributed by atoms with Crippen molar-refractivity contribution < 1.29 is 0 Å². The summed E-state index contributed by atoms with van der Waals surface area (Å²) >= 11 is 0. The van der Waals surface area contributed by atoms with Crippen LogP contribution >= 0.6 is 0 Å². The number of nitrogens with zero attached hydrogens (tertiary/aromatic N) is 3. The van der Waals surface area contributed by atoms with Crippen LogP contribution in [0.1, 0.15) is 79.0 Å². The molecule has 4 aromatic carbocycles. The molecule has 42 heavy (non-hydrogen) atoms. The Morgan fingerprint density at radius 3 is 1.90 bits per heavy atom. The van der Waals surface area contributed by atoms with Gasteiger partial charge in [-0.05, 0) is 93.3 Å². The van der Waals surface area contributed by atoms with Crippen LogP contribution in [0.3, 0.4) is 0 Å². The van der Waals surface area contributed by atoms with Crippen LogP contribution in [0.15, 0.2) is 60.9 Å². The first-order chi connectivity index (χ1) is 19.7. The number of hydrogen-bond acceptors (Lipinski definition) is 2. The number of rotatable bonds is 3. The Bertz CT molecular complexity index is 2160. The van der Waals surface area contributed by atoms with Crippen molar-refractivity contribution in [2.24, 2.45) is 16.2 Å². The minimum Gasteiger partial charge on any atom is -0.307 e. The first-order valence-corrected chi connectivity index (χ1v) is 15.5. The summed E-state index contributed by atoms with van der Waals surface area (Å²) in [4.78, 5) is 9.75. The highest BCUT2D eigenvalue weighted by atomic mass is 14.9. The Kier molecular flexibility index (Phi) is 5.75. The topological polar surface area (TPSA) is 30.2 Å². The fraction of sp³-hybridized carbons (Fsp3) is 0.385. The van der Waals surface area contributed by atoms with E-state index in [9.17, 15) is 0 Å². The van der Waals surface area contributed by atoms with Crippen molar-refractivity contribution in [1.82, 2.24) is 14.4 Å². The molecule has 0 saturated heterocycles. The zero-order valence-corrected chi connectivity index (χ0v) is 26.7. The van der Waals surface area contributed by atoms with Gasteiger partial charge in [-0.3, -0.25) is 0 Å². The third-order valence-electron chi connectivity index (χ3n) is 8.53. The smallest absolute Gasteiger partial charge is 0.116 e. The molecule has 0 amide bonds. The van der Waals surface area contributed by atoms with Gasteiger partial charge in [0.2, 0.25) is 0 Å². The predicted molar refractivity (Wildman–Crippen MR) is 181 cm³/mol. The SMILES string of the molecule is CC(C)(C)Cc1ccc2c(CC(C)(C)C)c3c(cc2c1)c1ncnc2ccc4c5cc(CC(C)(C)C)ccc5n3c4c21. The normalized spacial score (nSPS) is 13.6. The van der Waals surface area contributed by atoms with E-state index in [1.807, 2.05) is 0 Å². The highest BCUT2D eigenvalue weighted by Crippen LogP contribution is 2.44. The van der Waals surface area contributed by atoms with E-state index in [1.165, 1.54) is 65.6 Å². The highest BCUT2D eigenvalue weighted by Gasteiger charge is 2.25. The van der Waals surface area contributed by atoms with Crippen LogP contribution < -0.4 is 0 Å². The van der Waals surface area contributed by atoms with Crippen molar-refractivity contribution in [1.29, 1.82) is 0 Å². The van der Waals surface area contributed by atoms with Gasteiger partial charge in [0.25, 0.3) is 0 Å². The first-order valence-electron chi connectivity index (χ1n) is 15.5. The predicted octanol–water partition coefficient (Wildman–Crippen LogP) is 10.7. The molecular weight excluding hydrogens is 510 g/mol. The summed E-state index contributed by atoms with van der Waals surface area (Å²) in [5, 5.41) is 7.66. The molecule has 0 aliphatic carbocycles.